The molecule has 1 aliphatic carbocycles. The summed E-state index contributed by atoms with van der Waals surface area (Å²) in [5, 5.41) is 13.5. The molecule has 0 bridgehead atoms. The average molecular weight is 291 g/mol. The summed E-state index contributed by atoms with van der Waals surface area (Å²) in [5.74, 6) is 0.0625. The molecule has 6 heteroatoms. The van der Waals surface area contributed by atoms with Crippen LogP contribution in [0, 0.1) is 13.8 Å². The van der Waals surface area contributed by atoms with Gasteiger partial charge in [0, 0.05) is 18.6 Å². The summed E-state index contributed by atoms with van der Waals surface area (Å²) in [4.78, 5) is 14.7. The smallest absolute Gasteiger partial charge is 0.238 e. The summed E-state index contributed by atoms with van der Waals surface area (Å²) in [6.45, 7) is 6.41. The predicted octanol–water partition coefficient (Wildman–Crippen LogP) is 1.18. The summed E-state index contributed by atoms with van der Waals surface area (Å²) in [7, 11) is 0. The molecule has 2 heterocycles. The van der Waals surface area contributed by atoms with Crippen LogP contribution in [0.2, 0.25) is 0 Å². The third-order valence-electron chi connectivity index (χ3n) is 4.42. The quantitative estimate of drug-likeness (QED) is 0.736. The van der Waals surface area contributed by atoms with E-state index in [4.69, 9.17) is 0 Å². The molecule has 0 radical (unpaired) electrons. The minimum atomic E-state index is 0.0625. The molecule has 2 fully saturated rings. The normalized spacial score (nSPS) is 22.0. The lowest BCUT2D eigenvalue weighted by atomic mass is 10.2. The zero-order chi connectivity index (χ0) is 14.8. The van der Waals surface area contributed by atoms with Gasteiger partial charge in [-0.25, -0.2) is 0 Å². The first-order valence-electron chi connectivity index (χ1n) is 7.92. The molecule has 116 valence electrons. The molecule has 1 aliphatic heterocycles. The third-order valence-corrected chi connectivity index (χ3v) is 4.42. The van der Waals surface area contributed by atoms with Gasteiger partial charge in [-0.1, -0.05) is 0 Å². The number of aromatic nitrogens is 2. The second-order valence-electron chi connectivity index (χ2n) is 6.31. The molecule has 21 heavy (non-hydrogen) atoms. The Bertz CT molecular complexity index is 483. The van der Waals surface area contributed by atoms with E-state index in [1.54, 1.807) is 0 Å². The van der Waals surface area contributed by atoms with Crippen molar-refractivity contribution in [3.8, 4) is 0 Å². The van der Waals surface area contributed by atoms with Crippen molar-refractivity contribution in [2.45, 2.75) is 51.6 Å². The number of rotatable bonds is 6. The van der Waals surface area contributed by atoms with Crippen molar-refractivity contribution in [2.24, 2.45) is 0 Å². The van der Waals surface area contributed by atoms with Crippen LogP contribution in [0.3, 0.4) is 0 Å². The van der Waals surface area contributed by atoms with Crippen LogP contribution in [0.1, 0.15) is 37.1 Å². The highest BCUT2D eigenvalue weighted by molar-refractivity contribution is 5.93. The summed E-state index contributed by atoms with van der Waals surface area (Å²) < 4.78 is 0. The van der Waals surface area contributed by atoms with E-state index in [1.165, 1.54) is 25.7 Å². The number of nitrogens with one attached hydrogen (secondary N) is 3. The molecule has 0 spiro atoms. The summed E-state index contributed by atoms with van der Waals surface area (Å²) >= 11 is 0. The topological polar surface area (TPSA) is 73.0 Å². The van der Waals surface area contributed by atoms with Crippen molar-refractivity contribution in [1.82, 2.24) is 20.4 Å². The molecule has 1 aromatic rings. The Morgan fingerprint density at radius 1 is 1.38 bits per heavy atom. The van der Waals surface area contributed by atoms with Crippen molar-refractivity contribution in [3.05, 3.63) is 11.4 Å². The Morgan fingerprint density at radius 3 is 2.76 bits per heavy atom. The first-order valence-corrected chi connectivity index (χ1v) is 7.92. The number of H-pyrrole nitrogens is 1. The lowest BCUT2D eigenvalue weighted by Gasteiger charge is -2.24. The monoisotopic (exact) mass is 291 g/mol. The van der Waals surface area contributed by atoms with Gasteiger partial charge in [0.05, 0.1) is 23.6 Å². The van der Waals surface area contributed by atoms with Crippen molar-refractivity contribution < 1.29 is 4.79 Å². The Labute approximate surface area is 125 Å². The summed E-state index contributed by atoms with van der Waals surface area (Å²) in [6.07, 6.45) is 4.93. The van der Waals surface area contributed by atoms with Crippen LogP contribution < -0.4 is 10.6 Å². The van der Waals surface area contributed by atoms with E-state index in [1.807, 2.05) is 13.8 Å². The van der Waals surface area contributed by atoms with Gasteiger partial charge in [0.2, 0.25) is 5.91 Å². The fraction of sp³-hybridized carbons (Fsp3) is 0.733. The summed E-state index contributed by atoms with van der Waals surface area (Å²) in [5.41, 5.74) is 2.59. The van der Waals surface area contributed by atoms with Crippen LogP contribution >= 0.6 is 0 Å². The Hall–Kier alpha value is -1.40. The molecule has 1 unspecified atom stereocenters. The number of anilines is 1. The maximum Gasteiger partial charge on any atom is 0.238 e. The largest absolute Gasteiger partial charge is 0.322 e. The number of hydrogen-bond acceptors (Lipinski definition) is 4. The second-order valence-corrected chi connectivity index (χ2v) is 6.31. The van der Waals surface area contributed by atoms with Crippen LogP contribution in [0.25, 0.3) is 0 Å². The standard InChI is InChI=1S/C15H25N5O/c1-10-15(11(2)19-18-10)17-14(21)9-20(13-5-6-13)8-12-4-3-7-16-12/h12-13,16H,3-9H2,1-2H3,(H,17,21)(H,18,19). The average Bonchev–Trinajstić information content (AvgIpc) is 3.11. The van der Waals surface area contributed by atoms with Crippen molar-refractivity contribution in [2.75, 3.05) is 25.0 Å². The van der Waals surface area contributed by atoms with Crippen LogP contribution in [0.5, 0.6) is 0 Å². The van der Waals surface area contributed by atoms with Gasteiger partial charge in [-0.05, 0) is 46.1 Å². The van der Waals surface area contributed by atoms with Crippen LogP contribution in [0.15, 0.2) is 0 Å². The molecule has 6 nitrogen and oxygen atoms in total. The number of nitrogens with zero attached hydrogens (tertiary/aromatic N) is 2. The number of carbonyl (C=O) groups is 1. The van der Waals surface area contributed by atoms with Gasteiger partial charge in [0.15, 0.2) is 0 Å². The van der Waals surface area contributed by atoms with Gasteiger partial charge in [0.1, 0.15) is 0 Å². The molecule has 1 saturated carbocycles. The Balaban J connectivity index is 1.56. The minimum absolute atomic E-state index is 0.0625. The fourth-order valence-electron chi connectivity index (χ4n) is 3.08. The molecule has 1 atom stereocenters. The van der Waals surface area contributed by atoms with E-state index in [2.05, 4.69) is 25.7 Å². The van der Waals surface area contributed by atoms with Crippen LogP contribution in [0.4, 0.5) is 5.69 Å². The van der Waals surface area contributed by atoms with Crippen LogP contribution in [-0.4, -0.2) is 52.7 Å². The highest BCUT2D eigenvalue weighted by atomic mass is 16.2. The molecule has 1 saturated heterocycles. The number of hydrogen-bond donors (Lipinski definition) is 3. The van der Waals surface area contributed by atoms with Crippen molar-refractivity contribution in [1.29, 1.82) is 0 Å². The van der Waals surface area contributed by atoms with Gasteiger partial charge in [0.25, 0.3) is 0 Å². The molecule has 1 aromatic heterocycles. The minimum Gasteiger partial charge on any atom is -0.322 e. The molecule has 3 rings (SSSR count). The van der Waals surface area contributed by atoms with Gasteiger partial charge < -0.3 is 10.6 Å². The lowest BCUT2D eigenvalue weighted by molar-refractivity contribution is -0.117. The zero-order valence-electron chi connectivity index (χ0n) is 12.9. The van der Waals surface area contributed by atoms with E-state index in [-0.39, 0.29) is 5.91 Å². The highest BCUT2D eigenvalue weighted by Gasteiger charge is 2.32. The molecular weight excluding hydrogens is 266 g/mol. The number of amides is 1. The maximum absolute atomic E-state index is 12.3. The summed E-state index contributed by atoms with van der Waals surface area (Å²) in [6, 6.07) is 1.15. The van der Waals surface area contributed by atoms with Gasteiger partial charge >= 0.3 is 0 Å². The SMILES string of the molecule is Cc1n[nH]c(C)c1NC(=O)CN(CC1CCCN1)C1CC1. The fourth-order valence-corrected chi connectivity index (χ4v) is 3.08. The van der Waals surface area contributed by atoms with Gasteiger partial charge in [-0.15, -0.1) is 0 Å². The molecule has 2 aliphatic rings. The van der Waals surface area contributed by atoms with E-state index < -0.39 is 0 Å². The van der Waals surface area contributed by atoms with E-state index >= 15 is 0 Å². The van der Waals surface area contributed by atoms with Crippen molar-refractivity contribution in [3.63, 3.8) is 0 Å². The van der Waals surface area contributed by atoms with Crippen molar-refractivity contribution >= 4 is 11.6 Å². The maximum atomic E-state index is 12.3. The van der Waals surface area contributed by atoms with Gasteiger partial charge in [-0.2, -0.15) is 5.10 Å². The van der Waals surface area contributed by atoms with Crippen LogP contribution in [-0.2, 0) is 4.79 Å². The number of carbonyl (C=O) groups excluding carboxylic acids is 1. The molecule has 3 N–H and O–H groups in total. The molecular formula is C15H25N5O. The highest BCUT2D eigenvalue weighted by Crippen LogP contribution is 2.27. The van der Waals surface area contributed by atoms with E-state index in [0.717, 1.165) is 30.2 Å². The zero-order valence-corrected chi connectivity index (χ0v) is 12.9. The Morgan fingerprint density at radius 2 is 2.19 bits per heavy atom. The Kier molecular flexibility index (Phi) is 4.26. The number of aromatic amines is 1. The van der Waals surface area contributed by atoms with E-state index in [9.17, 15) is 4.79 Å². The lowest BCUT2D eigenvalue weighted by Crippen LogP contribution is -2.42. The molecule has 1 amide bonds. The third kappa shape index (κ3) is 3.63. The predicted molar refractivity (Wildman–Crippen MR) is 82.3 cm³/mol. The number of aryl methyl sites for hydroxylation is 2. The first-order chi connectivity index (χ1) is 10.1. The first kappa shape index (κ1) is 14.5. The second kappa shape index (κ2) is 6.15. The van der Waals surface area contributed by atoms with Gasteiger partial charge in [-0.3, -0.25) is 14.8 Å². The van der Waals surface area contributed by atoms with E-state index in [0.29, 0.717) is 18.6 Å². The molecule has 0 aromatic carbocycles.